The van der Waals surface area contributed by atoms with E-state index >= 15 is 0 Å². The van der Waals surface area contributed by atoms with Crippen molar-refractivity contribution in [1.29, 1.82) is 5.26 Å². The molecule has 2 amide bonds. The molecule has 1 atom stereocenters. The fourth-order valence-corrected chi connectivity index (χ4v) is 2.94. The van der Waals surface area contributed by atoms with Gasteiger partial charge in [-0.3, -0.25) is 14.3 Å². The van der Waals surface area contributed by atoms with E-state index in [0.717, 1.165) is 5.56 Å². The Morgan fingerprint density at radius 3 is 2.81 bits per heavy atom. The Morgan fingerprint density at radius 2 is 2.12 bits per heavy atom. The van der Waals surface area contributed by atoms with E-state index in [1.807, 2.05) is 30.3 Å². The van der Waals surface area contributed by atoms with Crippen molar-refractivity contribution < 1.29 is 14.3 Å². The molecule has 0 radical (unpaired) electrons. The summed E-state index contributed by atoms with van der Waals surface area (Å²) >= 11 is 0. The molecule has 1 saturated heterocycles. The van der Waals surface area contributed by atoms with Gasteiger partial charge in [0, 0.05) is 12.1 Å². The Morgan fingerprint density at radius 1 is 1.35 bits per heavy atom. The third-order valence-corrected chi connectivity index (χ3v) is 4.22. The van der Waals surface area contributed by atoms with E-state index in [0.29, 0.717) is 24.3 Å². The molecule has 1 aromatic heterocycles. The number of benzene rings is 1. The van der Waals surface area contributed by atoms with Crippen LogP contribution >= 0.6 is 0 Å². The number of primary amides is 1. The molecule has 1 fully saturated rings. The van der Waals surface area contributed by atoms with Crippen molar-refractivity contribution in [2.75, 3.05) is 19.7 Å². The number of carbonyl (C=O) groups is 2. The number of nitrogens with two attached hydrogens (primary N) is 1. The SMILES string of the molecule is N#CCCn1ncc(C(=O)N2CCO[C@H](C(N)=O)C2)c1-c1ccccc1. The second kappa shape index (κ2) is 7.80. The number of aromatic nitrogens is 2. The highest BCUT2D eigenvalue weighted by atomic mass is 16.5. The van der Waals surface area contributed by atoms with Crippen LogP contribution in [0.5, 0.6) is 0 Å². The molecule has 8 heteroatoms. The molecule has 1 aliphatic heterocycles. The second-order valence-corrected chi connectivity index (χ2v) is 5.92. The molecule has 3 rings (SSSR count). The lowest BCUT2D eigenvalue weighted by atomic mass is 10.1. The third kappa shape index (κ3) is 3.58. The maximum Gasteiger partial charge on any atom is 0.257 e. The summed E-state index contributed by atoms with van der Waals surface area (Å²) in [5, 5.41) is 13.2. The lowest BCUT2D eigenvalue weighted by Gasteiger charge is -2.31. The van der Waals surface area contributed by atoms with Crippen LogP contribution in [0.25, 0.3) is 11.3 Å². The lowest BCUT2D eigenvalue weighted by Crippen LogP contribution is -2.50. The first kappa shape index (κ1) is 17.6. The van der Waals surface area contributed by atoms with E-state index in [1.54, 1.807) is 9.58 Å². The molecule has 0 unspecified atom stereocenters. The van der Waals surface area contributed by atoms with Crippen molar-refractivity contribution >= 4 is 11.8 Å². The number of aryl methyl sites for hydroxylation is 1. The number of amides is 2. The minimum absolute atomic E-state index is 0.117. The summed E-state index contributed by atoms with van der Waals surface area (Å²) in [6.07, 6.45) is 0.995. The monoisotopic (exact) mass is 353 g/mol. The van der Waals surface area contributed by atoms with Crippen LogP contribution in [0.3, 0.4) is 0 Å². The molecule has 1 aliphatic rings. The standard InChI is InChI=1S/C18H19N5O3/c19-7-4-8-23-16(13-5-2-1-3-6-13)14(11-21-23)18(25)22-9-10-26-15(12-22)17(20)24/h1-3,5-6,11,15H,4,8-10,12H2,(H2,20,24)/t15-/m0/s1. The highest BCUT2D eigenvalue weighted by molar-refractivity contribution is 6.00. The van der Waals surface area contributed by atoms with Crippen LogP contribution in [-0.2, 0) is 16.1 Å². The van der Waals surface area contributed by atoms with Crippen LogP contribution in [0, 0.1) is 11.3 Å². The average Bonchev–Trinajstić information content (AvgIpc) is 3.10. The van der Waals surface area contributed by atoms with Crippen LogP contribution in [-0.4, -0.2) is 52.3 Å². The van der Waals surface area contributed by atoms with Gasteiger partial charge in [-0.25, -0.2) is 0 Å². The van der Waals surface area contributed by atoms with Crippen LogP contribution in [0.2, 0.25) is 0 Å². The van der Waals surface area contributed by atoms with Gasteiger partial charge >= 0.3 is 0 Å². The number of hydrogen-bond acceptors (Lipinski definition) is 5. The maximum atomic E-state index is 13.0. The number of nitrogens with zero attached hydrogens (tertiary/aromatic N) is 4. The van der Waals surface area contributed by atoms with Gasteiger partial charge in [0.2, 0.25) is 5.91 Å². The highest BCUT2D eigenvalue weighted by Gasteiger charge is 2.30. The quantitative estimate of drug-likeness (QED) is 0.853. The van der Waals surface area contributed by atoms with Crippen molar-refractivity contribution in [1.82, 2.24) is 14.7 Å². The summed E-state index contributed by atoms with van der Waals surface area (Å²) < 4.78 is 6.97. The number of morpholine rings is 1. The first-order chi connectivity index (χ1) is 12.6. The zero-order chi connectivity index (χ0) is 18.5. The van der Waals surface area contributed by atoms with Crippen LogP contribution in [0.4, 0.5) is 0 Å². The summed E-state index contributed by atoms with van der Waals surface area (Å²) in [7, 11) is 0. The molecule has 0 bridgehead atoms. The normalized spacial score (nSPS) is 16.9. The average molecular weight is 353 g/mol. The van der Waals surface area contributed by atoms with Gasteiger partial charge in [0.25, 0.3) is 5.91 Å². The summed E-state index contributed by atoms with van der Waals surface area (Å²) in [6.45, 7) is 1.13. The molecule has 8 nitrogen and oxygen atoms in total. The summed E-state index contributed by atoms with van der Waals surface area (Å²) in [4.78, 5) is 26.0. The Kier molecular flexibility index (Phi) is 5.29. The molecule has 0 spiro atoms. The molecule has 0 aliphatic carbocycles. The Labute approximate surface area is 150 Å². The maximum absolute atomic E-state index is 13.0. The highest BCUT2D eigenvalue weighted by Crippen LogP contribution is 2.25. The fourth-order valence-electron chi connectivity index (χ4n) is 2.94. The van der Waals surface area contributed by atoms with Gasteiger partial charge in [0.1, 0.15) is 0 Å². The first-order valence-corrected chi connectivity index (χ1v) is 8.30. The Bertz CT molecular complexity index is 840. The van der Waals surface area contributed by atoms with Gasteiger partial charge < -0.3 is 15.4 Å². The van der Waals surface area contributed by atoms with Crippen molar-refractivity contribution in [3.05, 3.63) is 42.1 Å². The van der Waals surface area contributed by atoms with Gasteiger partial charge in [-0.15, -0.1) is 0 Å². The van der Waals surface area contributed by atoms with E-state index in [2.05, 4.69) is 11.2 Å². The zero-order valence-corrected chi connectivity index (χ0v) is 14.2. The number of carbonyl (C=O) groups excluding carboxylic acids is 2. The largest absolute Gasteiger partial charge is 0.367 e. The van der Waals surface area contributed by atoms with E-state index in [9.17, 15) is 9.59 Å². The summed E-state index contributed by atoms with van der Waals surface area (Å²) in [5.41, 5.74) is 7.23. The molecule has 134 valence electrons. The number of nitriles is 1. The van der Waals surface area contributed by atoms with Gasteiger partial charge in [-0.1, -0.05) is 30.3 Å². The molecular weight excluding hydrogens is 334 g/mol. The van der Waals surface area contributed by atoms with Gasteiger partial charge in [-0.05, 0) is 0 Å². The minimum Gasteiger partial charge on any atom is -0.367 e. The first-order valence-electron chi connectivity index (χ1n) is 8.30. The topological polar surface area (TPSA) is 114 Å². The van der Waals surface area contributed by atoms with E-state index in [-0.39, 0.29) is 25.5 Å². The molecule has 26 heavy (non-hydrogen) atoms. The predicted octanol–water partition coefficient (Wildman–Crippen LogP) is 0.790. The second-order valence-electron chi connectivity index (χ2n) is 5.92. The number of ether oxygens (including phenoxy) is 1. The molecule has 2 aromatic rings. The summed E-state index contributed by atoms with van der Waals surface area (Å²) in [6, 6.07) is 11.5. The van der Waals surface area contributed by atoms with E-state index < -0.39 is 12.0 Å². The van der Waals surface area contributed by atoms with E-state index in [1.165, 1.54) is 6.20 Å². The molecule has 0 saturated carbocycles. The molecule has 2 heterocycles. The van der Waals surface area contributed by atoms with Gasteiger partial charge in [-0.2, -0.15) is 10.4 Å². The Balaban J connectivity index is 1.94. The van der Waals surface area contributed by atoms with Gasteiger partial charge in [0.05, 0.1) is 49.6 Å². The van der Waals surface area contributed by atoms with Crippen LogP contribution in [0.1, 0.15) is 16.8 Å². The predicted molar refractivity (Wildman–Crippen MR) is 92.7 cm³/mol. The van der Waals surface area contributed by atoms with Crippen molar-refractivity contribution in [2.24, 2.45) is 5.73 Å². The van der Waals surface area contributed by atoms with Crippen LogP contribution < -0.4 is 5.73 Å². The third-order valence-electron chi connectivity index (χ3n) is 4.22. The van der Waals surface area contributed by atoms with Crippen molar-refractivity contribution in [3.8, 4) is 17.3 Å². The van der Waals surface area contributed by atoms with Gasteiger partial charge in [0.15, 0.2) is 6.10 Å². The van der Waals surface area contributed by atoms with E-state index in [4.69, 9.17) is 15.7 Å². The molecular formula is C18H19N5O3. The van der Waals surface area contributed by atoms with Crippen LogP contribution in [0.15, 0.2) is 36.5 Å². The minimum atomic E-state index is -0.804. The lowest BCUT2D eigenvalue weighted by molar-refractivity contribution is -0.133. The molecule has 2 N–H and O–H groups in total. The fraction of sp³-hybridized carbons (Fsp3) is 0.333. The molecule has 1 aromatic carbocycles. The van der Waals surface area contributed by atoms with Crippen molar-refractivity contribution in [2.45, 2.75) is 19.1 Å². The van der Waals surface area contributed by atoms with Crippen molar-refractivity contribution in [3.63, 3.8) is 0 Å². The summed E-state index contributed by atoms with van der Waals surface area (Å²) in [5.74, 6) is -0.822. The Hall–Kier alpha value is -3.18. The smallest absolute Gasteiger partial charge is 0.257 e. The number of hydrogen-bond donors (Lipinski definition) is 1. The zero-order valence-electron chi connectivity index (χ0n) is 14.2. The number of rotatable bonds is 5.